The monoisotopic (exact) mass is 309 g/mol. The number of methoxy groups -OCH3 is 1. The van der Waals surface area contributed by atoms with Crippen LogP contribution in [0.25, 0.3) is 0 Å². The van der Waals surface area contributed by atoms with Gasteiger partial charge in [-0.15, -0.1) is 0 Å². The summed E-state index contributed by atoms with van der Waals surface area (Å²) in [5, 5.41) is 8.84. The van der Waals surface area contributed by atoms with E-state index >= 15 is 0 Å². The van der Waals surface area contributed by atoms with Crippen molar-refractivity contribution >= 4 is 21.9 Å². The molecule has 7 heteroatoms. The van der Waals surface area contributed by atoms with Gasteiger partial charge in [-0.2, -0.15) is 4.39 Å². The number of carboxylic acid groups (broad SMARTS) is 1. The summed E-state index contributed by atoms with van der Waals surface area (Å²) in [5.41, 5.74) is 4.91. The van der Waals surface area contributed by atoms with Gasteiger partial charge in [0.15, 0.2) is 11.6 Å². The molecule has 1 aromatic carbocycles. The van der Waals surface area contributed by atoms with Crippen LogP contribution in [0, 0.1) is 11.6 Å². The standard InChI is InChI=1S/C10H10BrF2NO3/c1-17-9-6(11)2-4(7(12)8(9)13)5(3-14)10(15)16/h2,5H,3,14H2,1H3,(H,15,16). The predicted molar refractivity (Wildman–Crippen MR) is 60.0 cm³/mol. The normalized spacial score (nSPS) is 12.3. The lowest BCUT2D eigenvalue weighted by atomic mass is 9.98. The van der Waals surface area contributed by atoms with Crippen LogP contribution in [0.5, 0.6) is 5.75 Å². The smallest absolute Gasteiger partial charge is 0.312 e. The van der Waals surface area contributed by atoms with Crippen molar-refractivity contribution in [2.24, 2.45) is 5.73 Å². The molecule has 1 atom stereocenters. The molecular formula is C10H10BrF2NO3. The van der Waals surface area contributed by atoms with Crippen LogP contribution in [0.2, 0.25) is 0 Å². The van der Waals surface area contributed by atoms with E-state index in [1.54, 1.807) is 0 Å². The molecule has 3 N–H and O–H groups in total. The van der Waals surface area contributed by atoms with Gasteiger partial charge in [-0.05, 0) is 22.0 Å². The zero-order valence-corrected chi connectivity index (χ0v) is 10.4. The molecule has 0 aliphatic rings. The first kappa shape index (κ1) is 13.9. The first-order chi connectivity index (χ1) is 7.93. The number of aliphatic carboxylic acids is 1. The average molecular weight is 310 g/mol. The Morgan fingerprint density at radius 2 is 2.18 bits per heavy atom. The number of nitrogens with two attached hydrogens (primary N) is 1. The topological polar surface area (TPSA) is 72.5 Å². The van der Waals surface area contributed by atoms with Crippen LogP contribution in [0.4, 0.5) is 8.78 Å². The summed E-state index contributed by atoms with van der Waals surface area (Å²) >= 11 is 2.97. The molecule has 0 heterocycles. The minimum Gasteiger partial charge on any atom is -0.492 e. The second kappa shape index (κ2) is 5.42. The quantitative estimate of drug-likeness (QED) is 0.833. The highest BCUT2D eigenvalue weighted by atomic mass is 79.9. The third-order valence-corrected chi connectivity index (χ3v) is 2.85. The molecule has 94 valence electrons. The fraction of sp³-hybridized carbons (Fsp3) is 0.300. The molecule has 0 aliphatic carbocycles. The molecule has 4 nitrogen and oxygen atoms in total. The summed E-state index contributed by atoms with van der Waals surface area (Å²) in [6.45, 7) is -0.329. The maximum absolute atomic E-state index is 13.6. The number of carboxylic acids is 1. The summed E-state index contributed by atoms with van der Waals surface area (Å²) in [6.07, 6.45) is 0. The molecule has 0 saturated heterocycles. The predicted octanol–water partition coefficient (Wildman–Crippen LogP) is 1.86. The summed E-state index contributed by atoms with van der Waals surface area (Å²) in [4.78, 5) is 10.8. The third-order valence-electron chi connectivity index (χ3n) is 2.26. The van der Waals surface area contributed by atoms with Crippen LogP contribution < -0.4 is 10.5 Å². The number of benzene rings is 1. The van der Waals surface area contributed by atoms with Gasteiger partial charge in [0.2, 0.25) is 5.82 Å². The van der Waals surface area contributed by atoms with Gasteiger partial charge in [0.1, 0.15) is 0 Å². The first-order valence-corrected chi connectivity index (χ1v) is 5.37. The van der Waals surface area contributed by atoms with Crippen molar-refractivity contribution in [1.82, 2.24) is 0 Å². The minimum atomic E-state index is -1.32. The Labute approximate surface area is 104 Å². The van der Waals surface area contributed by atoms with Crippen LogP contribution in [-0.2, 0) is 4.79 Å². The number of carbonyl (C=O) groups is 1. The van der Waals surface area contributed by atoms with Gasteiger partial charge < -0.3 is 15.6 Å². The van der Waals surface area contributed by atoms with Crippen molar-refractivity contribution in [2.45, 2.75) is 5.92 Å². The fourth-order valence-electron chi connectivity index (χ4n) is 1.40. The zero-order chi connectivity index (χ0) is 13.2. The van der Waals surface area contributed by atoms with Crippen LogP contribution >= 0.6 is 15.9 Å². The second-order valence-corrected chi connectivity index (χ2v) is 4.09. The lowest BCUT2D eigenvalue weighted by molar-refractivity contribution is -0.138. The highest BCUT2D eigenvalue weighted by molar-refractivity contribution is 9.10. The number of hydrogen-bond donors (Lipinski definition) is 2. The van der Waals surface area contributed by atoms with Crippen molar-refractivity contribution in [3.63, 3.8) is 0 Å². The van der Waals surface area contributed by atoms with Crippen LogP contribution in [0.3, 0.4) is 0 Å². The SMILES string of the molecule is COc1c(Br)cc(C(CN)C(=O)O)c(F)c1F. The highest BCUT2D eigenvalue weighted by Crippen LogP contribution is 2.34. The number of ether oxygens (including phenoxy) is 1. The van der Waals surface area contributed by atoms with E-state index in [1.165, 1.54) is 7.11 Å². The Morgan fingerprint density at radius 3 is 2.59 bits per heavy atom. The molecule has 1 rings (SSSR count). The Balaban J connectivity index is 3.41. The molecular weight excluding hydrogens is 300 g/mol. The van der Waals surface area contributed by atoms with Crippen LogP contribution in [0.15, 0.2) is 10.5 Å². The molecule has 1 unspecified atom stereocenters. The number of halogens is 3. The Hall–Kier alpha value is -1.21. The van der Waals surface area contributed by atoms with Crippen molar-refractivity contribution < 1.29 is 23.4 Å². The molecule has 0 amide bonds. The van der Waals surface area contributed by atoms with E-state index in [0.717, 1.165) is 6.07 Å². The van der Waals surface area contributed by atoms with E-state index in [1.807, 2.05) is 0 Å². The van der Waals surface area contributed by atoms with Crippen molar-refractivity contribution in [2.75, 3.05) is 13.7 Å². The van der Waals surface area contributed by atoms with Gasteiger partial charge in [0.05, 0.1) is 17.5 Å². The molecule has 0 saturated carbocycles. The summed E-state index contributed by atoms with van der Waals surface area (Å²) in [5.74, 6) is -5.43. The van der Waals surface area contributed by atoms with Crippen molar-refractivity contribution in [3.8, 4) is 5.75 Å². The van der Waals surface area contributed by atoms with Gasteiger partial charge in [0.25, 0.3) is 0 Å². The molecule has 0 aromatic heterocycles. The number of hydrogen-bond acceptors (Lipinski definition) is 3. The van der Waals surface area contributed by atoms with E-state index in [9.17, 15) is 13.6 Å². The van der Waals surface area contributed by atoms with Gasteiger partial charge in [-0.25, -0.2) is 4.39 Å². The molecule has 17 heavy (non-hydrogen) atoms. The third kappa shape index (κ3) is 2.55. The van der Waals surface area contributed by atoms with Crippen LogP contribution in [0.1, 0.15) is 11.5 Å². The molecule has 0 aliphatic heterocycles. The Morgan fingerprint density at radius 1 is 1.59 bits per heavy atom. The van der Waals surface area contributed by atoms with Crippen molar-refractivity contribution in [3.05, 3.63) is 27.7 Å². The van der Waals surface area contributed by atoms with Gasteiger partial charge in [-0.3, -0.25) is 4.79 Å². The minimum absolute atomic E-state index is 0.133. The summed E-state index contributed by atoms with van der Waals surface area (Å²) in [6, 6.07) is 1.16. The maximum atomic E-state index is 13.6. The van der Waals surface area contributed by atoms with E-state index in [0.29, 0.717) is 0 Å². The van der Waals surface area contributed by atoms with E-state index < -0.39 is 23.5 Å². The van der Waals surface area contributed by atoms with Gasteiger partial charge in [0, 0.05) is 12.1 Å². The Kier molecular flexibility index (Phi) is 4.41. The number of rotatable bonds is 4. The molecule has 0 bridgehead atoms. The summed E-state index contributed by atoms with van der Waals surface area (Å²) < 4.78 is 31.9. The van der Waals surface area contributed by atoms with Crippen LogP contribution in [-0.4, -0.2) is 24.7 Å². The summed E-state index contributed by atoms with van der Waals surface area (Å²) in [7, 11) is 1.18. The van der Waals surface area contributed by atoms with Gasteiger partial charge in [-0.1, -0.05) is 0 Å². The lowest BCUT2D eigenvalue weighted by Gasteiger charge is -2.14. The zero-order valence-electron chi connectivity index (χ0n) is 8.84. The highest BCUT2D eigenvalue weighted by Gasteiger charge is 2.27. The molecule has 0 fully saturated rings. The van der Waals surface area contributed by atoms with E-state index in [4.69, 9.17) is 10.8 Å². The molecule has 1 aromatic rings. The van der Waals surface area contributed by atoms with E-state index in [-0.39, 0.29) is 22.3 Å². The molecule has 0 spiro atoms. The largest absolute Gasteiger partial charge is 0.492 e. The maximum Gasteiger partial charge on any atom is 0.312 e. The Bertz CT molecular complexity index is 454. The second-order valence-electron chi connectivity index (χ2n) is 3.24. The molecule has 0 radical (unpaired) electrons. The van der Waals surface area contributed by atoms with Crippen molar-refractivity contribution in [1.29, 1.82) is 0 Å². The first-order valence-electron chi connectivity index (χ1n) is 4.58. The fourth-order valence-corrected chi connectivity index (χ4v) is 1.98. The lowest BCUT2D eigenvalue weighted by Crippen LogP contribution is -2.22. The van der Waals surface area contributed by atoms with Gasteiger partial charge >= 0.3 is 5.97 Å². The average Bonchev–Trinajstić information content (AvgIpc) is 2.26. The van der Waals surface area contributed by atoms with E-state index in [2.05, 4.69) is 20.7 Å².